The van der Waals surface area contributed by atoms with Gasteiger partial charge in [-0.2, -0.15) is 0 Å². The van der Waals surface area contributed by atoms with Crippen LogP contribution in [0.4, 0.5) is 0 Å². The van der Waals surface area contributed by atoms with Gasteiger partial charge in [0.25, 0.3) is 5.91 Å². The van der Waals surface area contributed by atoms with E-state index >= 15 is 0 Å². The molecule has 0 atom stereocenters. The monoisotopic (exact) mass is 291 g/mol. The molecule has 0 aromatic carbocycles. The first-order valence-electron chi connectivity index (χ1n) is 7.21. The molecule has 1 aromatic heterocycles. The Bertz CT molecular complexity index is 523. The fourth-order valence-corrected chi connectivity index (χ4v) is 2.32. The number of pyridine rings is 1. The second kappa shape index (κ2) is 6.56. The Balaban J connectivity index is 1.89. The van der Waals surface area contributed by atoms with Crippen LogP contribution in [0.15, 0.2) is 18.5 Å². The second-order valence-electron chi connectivity index (χ2n) is 5.66. The normalized spacial score (nSPS) is 16.0. The molecule has 0 saturated carbocycles. The van der Waals surface area contributed by atoms with Gasteiger partial charge in [0, 0.05) is 31.2 Å². The minimum atomic E-state index is -0.132. The molecule has 2 amide bonds. The first-order valence-corrected chi connectivity index (χ1v) is 7.21. The average molecular weight is 291 g/mol. The highest BCUT2D eigenvalue weighted by molar-refractivity contribution is 5.94. The first kappa shape index (κ1) is 15.3. The molecule has 0 aliphatic carbocycles. The Morgan fingerprint density at radius 3 is 2.57 bits per heavy atom. The quantitative estimate of drug-likeness (QED) is 0.875. The van der Waals surface area contributed by atoms with Gasteiger partial charge in [-0.05, 0) is 18.9 Å². The van der Waals surface area contributed by atoms with Crippen LogP contribution in [0.3, 0.4) is 0 Å². The third-order valence-electron chi connectivity index (χ3n) is 3.62. The number of amides is 2. The lowest BCUT2D eigenvalue weighted by Crippen LogP contribution is -2.47. The molecular weight excluding hydrogens is 270 g/mol. The number of aromatic hydroxyl groups is 1. The summed E-state index contributed by atoms with van der Waals surface area (Å²) in [7, 11) is 0. The van der Waals surface area contributed by atoms with Crippen LogP contribution in [-0.2, 0) is 4.79 Å². The van der Waals surface area contributed by atoms with Gasteiger partial charge in [0.2, 0.25) is 5.91 Å². The van der Waals surface area contributed by atoms with Crippen molar-refractivity contribution in [2.75, 3.05) is 13.1 Å². The predicted molar refractivity (Wildman–Crippen MR) is 77.8 cm³/mol. The Labute approximate surface area is 124 Å². The van der Waals surface area contributed by atoms with Crippen LogP contribution in [0.1, 0.15) is 37.0 Å². The van der Waals surface area contributed by atoms with Gasteiger partial charge in [0.1, 0.15) is 5.75 Å². The lowest BCUT2D eigenvalue weighted by molar-refractivity contribution is -0.124. The zero-order chi connectivity index (χ0) is 15.4. The molecule has 0 radical (unpaired) electrons. The van der Waals surface area contributed by atoms with Crippen molar-refractivity contribution in [3.05, 3.63) is 24.0 Å². The molecule has 0 unspecified atom stereocenters. The smallest absolute Gasteiger partial charge is 0.255 e. The van der Waals surface area contributed by atoms with Crippen molar-refractivity contribution >= 4 is 11.8 Å². The Kier molecular flexibility index (Phi) is 4.77. The third kappa shape index (κ3) is 3.93. The molecule has 0 spiro atoms. The number of rotatable bonds is 3. The molecule has 1 aliphatic heterocycles. The maximum absolute atomic E-state index is 12.3. The van der Waals surface area contributed by atoms with Crippen LogP contribution in [0.25, 0.3) is 0 Å². The number of hydrogen-bond acceptors (Lipinski definition) is 4. The summed E-state index contributed by atoms with van der Waals surface area (Å²) in [4.78, 5) is 29.5. The first-order chi connectivity index (χ1) is 9.97. The SMILES string of the molecule is CC(C)C(=O)NC1CCN(C(=O)c2cncc(O)c2)CC1. The highest BCUT2D eigenvalue weighted by Gasteiger charge is 2.25. The van der Waals surface area contributed by atoms with Gasteiger partial charge in [-0.3, -0.25) is 14.6 Å². The van der Waals surface area contributed by atoms with Crippen LogP contribution in [0.5, 0.6) is 5.75 Å². The molecule has 0 bridgehead atoms. The summed E-state index contributed by atoms with van der Waals surface area (Å²) >= 11 is 0. The van der Waals surface area contributed by atoms with Crippen molar-refractivity contribution < 1.29 is 14.7 Å². The number of hydrogen-bond donors (Lipinski definition) is 2. The third-order valence-corrected chi connectivity index (χ3v) is 3.62. The van der Waals surface area contributed by atoms with Crippen molar-refractivity contribution in [3.8, 4) is 5.75 Å². The molecule has 6 heteroatoms. The molecule has 2 rings (SSSR count). The zero-order valence-electron chi connectivity index (χ0n) is 12.4. The second-order valence-corrected chi connectivity index (χ2v) is 5.66. The summed E-state index contributed by atoms with van der Waals surface area (Å²) < 4.78 is 0. The van der Waals surface area contributed by atoms with Crippen molar-refractivity contribution in [2.45, 2.75) is 32.7 Å². The molecule has 2 N–H and O–H groups in total. The minimum Gasteiger partial charge on any atom is -0.506 e. The van der Waals surface area contributed by atoms with Gasteiger partial charge in [-0.15, -0.1) is 0 Å². The van der Waals surface area contributed by atoms with Crippen LogP contribution >= 0.6 is 0 Å². The standard InChI is InChI=1S/C15H21N3O3/c1-10(2)14(20)17-12-3-5-18(6-4-12)15(21)11-7-13(19)9-16-8-11/h7-10,12,19H,3-6H2,1-2H3,(H,17,20). The van der Waals surface area contributed by atoms with Crippen LogP contribution < -0.4 is 5.32 Å². The summed E-state index contributed by atoms with van der Waals surface area (Å²) in [6.07, 6.45) is 4.24. The van der Waals surface area contributed by atoms with E-state index in [1.165, 1.54) is 18.5 Å². The topological polar surface area (TPSA) is 82.5 Å². The molecule has 1 aromatic rings. The van der Waals surface area contributed by atoms with Crippen LogP contribution in [-0.4, -0.2) is 45.9 Å². The highest BCUT2D eigenvalue weighted by atomic mass is 16.3. The summed E-state index contributed by atoms with van der Waals surface area (Å²) in [5.41, 5.74) is 0.389. The molecule has 21 heavy (non-hydrogen) atoms. The van der Waals surface area contributed by atoms with Gasteiger partial charge in [0.05, 0.1) is 11.8 Å². The molecule has 114 valence electrons. The zero-order valence-corrected chi connectivity index (χ0v) is 12.4. The van der Waals surface area contributed by atoms with Crippen molar-refractivity contribution in [2.24, 2.45) is 5.92 Å². The lowest BCUT2D eigenvalue weighted by atomic mass is 10.0. The van der Waals surface area contributed by atoms with E-state index in [4.69, 9.17) is 0 Å². The number of nitrogens with zero attached hydrogens (tertiary/aromatic N) is 2. The number of likely N-dealkylation sites (tertiary alicyclic amines) is 1. The van der Waals surface area contributed by atoms with E-state index in [0.717, 1.165) is 12.8 Å². The van der Waals surface area contributed by atoms with Crippen molar-refractivity contribution in [3.63, 3.8) is 0 Å². The summed E-state index contributed by atoms with van der Waals surface area (Å²) in [5, 5.41) is 12.4. The Morgan fingerprint density at radius 1 is 1.33 bits per heavy atom. The van der Waals surface area contributed by atoms with Crippen molar-refractivity contribution in [1.29, 1.82) is 0 Å². The maximum Gasteiger partial charge on any atom is 0.255 e. The molecule has 2 heterocycles. The molecule has 1 saturated heterocycles. The molecule has 1 fully saturated rings. The van der Waals surface area contributed by atoms with E-state index in [2.05, 4.69) is 10.3 Å². The highest BCUT2D eigenvalue weighted by Crippen LogP contribution is 2.16. The van der Waals surface area contributed by atoms with Gasteiger partial charge in [0.15, 0.2) is 0 Å². The number of nitrogens with one attached hydrogen (secondary N) is 1. The van der Waals surface area contributed by atoms with Crippen LogP contribution in [0.2, 0.25) is 0 Å². The summed E-state index contributed by atoms with van der Waals surface area (Å²) in [6.45, 7) is 4.92. The predicted octanol–water partition coefficient (Wildman–Crippen LogP) is 1.16. The van der Waals surface area contributed by atoms with E-state index in [-0.39, 0.29) is 29.5 Å². The van der Waals surface area contributed by atoms with E-state index in [1.54, 1.807) is 4.90 Å². The van der Waals surface area contributed by atoms with Gasteiger partial charge >= 0.3 is 0 Å². The maximum atomic E-state index is 12.3. The number of carbonyl (C=O) groups is 2. The Hall–Kier alpha value is -2.11. The number of aromatic nitrogens is 1. The van der Waals surface area contributed by atoms with E-state index < -0.39 is 0 Å². The fraction of sp³-hybridized carbons (Fsp3) is 0.533. The van der Waals surface area contributed by atoms with Crippen LogP contribution in [0, 0.1) is 5.92 Å². The van der Waals surface area contributed by atoms with E-state index in [0.29, 0.717) is 18.7 Å². The van der Waals surface area contributed by atoms with Gasteiger partial charge in [-0.1, -0.05) is 13.8 Å². The van der Waals surface area contributed by atoms with Gasteiger partial charge in [-0.25, -0.2) is 0 Å². The fourth-order valence-electron chi connectivity index (χ4n) is 2.32. The summed E-state index contributed by atoms with van der Waals surface area (Å²) in [6, 6.07) is 1.55. The molecular formula is C15H21N3O3. The minimum absolute atomic E-state index is 0.0140. The molecule has 6 nitrogen and oxygen atoms in total. The molecule has 1 aliphatic rings. The number of piperidine rings is 1. The van der Waals surface area contributed by atoms with Crippen molar-refractivity contribution in [1.82, 2.24) is 15.2 Å². The number of carbonyl (C=O) groups excluding carboxylic acids is 2. The van der Waals surface area contributed by atoms with Gasteiger partial charge < -0.3 is 15.3 Å². The lowest BCUT2D eigenvalue weighted by Gasteiger charge is -2.32. The van der Waals surface area contributed by atoms with E-state index in [1.807, 2.05) is 13.8 Å². The largest absolute Gasteiger partial charge is 0.506 e. The average Bonchev–Trinajstić information content (AvgIpc) is 2.47. The Morgan fingerprint density at radius 2 is 2.00 bits per heavy atom. The van der Waals surface area contributed by atoms with E-state index in [9.17, 15) is 14.7 Å². The summed E-state index contributed by atoms with van der Waals surface area (Å²) in [5.74, 6) is -0.119.